The van der Waals surface area contributed by atoms with E-state index in [1.54, 1.807) is 12.1 Å². The van der Waals surface area contributed by atoms with Crippen LogP contribution in [0.4, 0.5) is 0 Å². The van der Waals surface area contributed by atoms with Gasteiger partial charge in [-0.05, 0) is 62.3 Å². The number of carbonyl (C=O) groups is 4. The summed E-state index contributed by atoms with van der Waals surface area (Å²) in [6.07, 6.45) is 5.15. The van der Waals surface area contributed by atoms with Crippen LogP contribution in [0.2, 0.25) is 0 Å². The Morgan fingerprint density at radius 2 is 1.80 bits per heavy atom. The summed E-state index contributed by atoms with van der Waals surface area (Å²) >= 11 is 0. The van der Waals surface area contributed by atoms with Gasteiger partial charge in [-0.3, -0.25) is 29.4 Å². The van der Waals surface area contributed by atoms with Crippen LogP contribution in [0.25, 0.3) is 0 Å². The van der Waals surface area contributed by atoms with Gasteiger partial charge in [-0.1, -0.05) is 6.07 Å². The van der Waals surface area contributed by atoms with Gasteiger partial charge >= 0.3 is 0 Å². The predicted molar refractivity (Wildman–Crippen MR) is 107 cm³/mol. The average Bonchev–Trinajstić information content (AvgIpc) is 3.56. The number of hydrogen-bond acceptors (Lipinski definition) is 6. The predicted octanol–water partition coefficient (Wildman–Crippen LogP) is 0.708. The fraction of sp³-hybridized carbons (Fsp3) is 0.545. The summed E-state index contributed by atoms with van der Waals surface area (Å²) in [6, 6.07) is 5.43. The van der Waals surface area contributed by atoms with Gasteiger partial charge < -0.3 is 10.6 Å². The van der Waals surface area contributed by atoms with Crippen LogP contribution in [-0.2, 0) is 16.1 Å². The molecule has 1 aromatic rings. The van der Waals surface area contributed by atoms with E-state index in [9.17, 15) is 19.2 Å². The fourth-order valence-electron chi connectivity index (χ4n) is 4.88. The molecule has 2 saturated heterocycles. The lowest BCUT2D eigenvalue weighted by Crippen LogP contribution is -2.54. The number of imide groups is 2. The van der Waals surface area contributed by atoms with Crippen molar-refractivity contribution in [3.8, 4) is 0 Å². The molecule has 158 valence electrons. The average molecular weight is 410 g/mol. The molecule has 3 N–H and O–H groups in total. The fourth-order valence-corrected chi connectivity index (χ4v) is 4.88. The smallest absolute Gasteiger partial charge is 0.262 e. The van der Waals surface area contributed by atoms with Gasteiger partial charge in [-0.25, -0.2) is 0 Å². The van der Waals surface area contributed by atoms with Crippen molar-refractivity contribution in [3.05, 3.63) is 34.9 Å². The zero-order valence-corrected chi connectivity index (χ0v) is 16.8. The molecule has 30 heavy (non-hydrogen) atoms. The highest BCUT2D eigenvalue weighted by Gasteiger charge is 2.44. The molecule has 1 saturated carbocycles. The summed E-state index contributed by atoms with van der Waals surface area (Å²) < 4.78 is 0. The van der Waals surface area contributed by atoms with E-state index < -0.39 is 23.8 Å². The first-order valence-corrected chi connectivity index (χ1v) is 10.8. The topological polar surface area (TPSA) is 108 Å². The Labute approximate surface area is 174 Å². The first-order valence-electron chi connectivity index (χ1n) is 10.8. The van der Waals surface area contributed by atoms with Gasteiger partial charge in [0, 0.05) is 25.0 Å². The molecule has 8 heteroatoms. The Balaban J connectivity index is 1.26. The number of amides is 4. The van der Waals surface area contributed by atoms with E-state index in [2.05, 4.69) is 16.0 Å². The molecule has 0 spiro atoms. The molecule has 3 fully saturated rings. The number of benzene rings is 1. The van der Waals surface area contributed by atoms with E-state index >= 15 is 0 Å². The van der Waals surface area contributed by atoms with Gasteiger partial charge in [0.15, 0.2) is 0 Å². The number of nitrogens with zero attached hydrogens (tertiary/aromatic N) is 1. The van der Waals surface area contributed by atoms with Crippen LogP contribution in [0.1, 0.15) is 64.8 Å². The largest absolute Gasteiger partial charge is 0.314 e. The molecule has 0 radical (unpaired) electrons. The molecule has 1 aromatic carbocycles. The van der Waals surface area contributed by atoms with Crippen LogP contribution in [0.3, 0.4) is 0 Å². The molecule has 5 rings (SSSR count). The third kappa shape index (κ3) is 3.54. The number of piperidine rings is 2. The van der Waals surface area contributed by atoms with Crippen LogP contribution in [-0.4, -0.2) is 53.2 Å². The first kappa shape index (κ1) is 19.4. The van der Waals surface area contributed by atoms with Gasteiger partial charge in [-0.15, -0.1) is 0 Å². The zero-order valence-electron chi connectivity index (χ0n) is 16.8. The molecular weight excluding hydrogens is 384 g/mol. The van der Waals surface area contributed by atoms with E-state index in [0.717, 1.165) is 35.8 Å². The summed E-state index contributed by atoms with van der Waals surface area (Å²) in [5, 5.41) is 9.44. The molecule has 0 aromatic heterocycles. The molecule has 8 nitrogen and oxygen atoms in total. The van der Waals surface area contributed by atoms with Crippen molar-refractivity contribution in [1.82, 2.24) is 20.9 Å². The van der Waals surface area contributed by atoms with Gasteiger partial charge in [0.1, 0.15) is 6.04 Å². The second kappa shape index (κ2) is 7.59. The van der Waals surface area contributed by atoms with Crippen molar-refractivity contribution in [2.24, 2.45) is 5.92 Å². The van der Waals surface area contributed by atoms with Crippen molar-refractivity contribution in [1.29, 1.82) is 0 Å². The highest BCUT2D eigenvalue weighted by atomic mass is 16.2. The van der Waals surface area contributed by atoms with E-state index in [1.165, 1.54) is 12.8 Å². The van der Waals surface area contributed by atoms with Crippen LogP contribution in [0.15, 0.2) is 18.2 Å². The lowest BCUT2D eigenvalue weighted by Gasteiger charge is -2.31. The van der Waals surface area contributed by atoms with E-state index in [1.807, 2.05) is 6.07 Å². The Kier molecular flexibility index (Phi) is 4.91. The van der Waals surface area contributed by atoms with E-state index in [0.29, 0.717) is 29.8 Å². The summed E-state index contributed by atoms with van der Waals surface area (Å²) in [7, 11) is 0. The Morgan fingerprint density at radius 3 is 2.57 bits per heavy atom. The highest BCUT2D eigenvalue weighted by Crippen LogP contribution is 2.36. The maximum Gasteiger partial charge on any atom is 0.262 e. The van der Waals surface area contributed by atoms with Gasteiger partial charge in [0.2, 0.25) is 11.8 Å². The summed E-state index contributed by atoms with van der Waals surface area (Å²) in [6.45, 7) is 1.66. The van der Waals surface area contributed by atoms with Crippen LogP contribution in [0.5, 0.6) is 0 Å². The number of rotatable bonds is 5. The molecule has 3 heterocycles. The molecule has 3 unspecified atom stereocenters. The molecule has 3 atom stereocenters. The molecular formula is C22H26N4O4. The quantitative estimate of drug-likeness (QED) is 0.617. The molecule has 1 aliphatic carbocycles. The molecule has 3 aliphatic heterocycles. The number of carbonyl (C=O) groups excluding carboxylic acids is 4. The van der Waals surface area contributed by atoms with E-state index in [4.69, 9.17) is 0 Å². The van der Waals surface area contributed by atoms with Crippen molar-refractivity contribution in [3.63, 3.8) is 0 Å². The number of hydrogen-bond donors (Lipinski definition) is 3. The van der Waals surface area contributed by atoms with Gasteiger partial charge in [0.05, 0.1) is 11.1 Å². The second-order valence-corrected chi connectivity index (χ2v) is 8.83. The lowest BCUT2D eigenvalue weighted by molar-refractivity contribution is -0.136. The monoisotopic (exact) mass is 410 g/mol. The Morgan fingerprint density at radius 1 is 1.00 bits per heavy atom. The van der Waals surface area contributed by atoms with Gasteiger partial charge in [0.25, 0.3) is 11.8 Å². The minimum absolute atomic E-state index is 0.122. The third-order valence-corrected chi connectivity index (χ3v) is 6.73. The third-order valence-electron chi connectivity index (χ3n) is 6.73. The minimum atomic E-state index is -0.925. The SMILES string of the molecule is O=C1CCC(N2C(=O)c3ccc(CNC4CCNC(C5CC5)C4)cc3C2=O)C(=O)N1. The molecule has 0 bridgehead atoms. The Bertz CT molecular complexity index is 926. The summed E-state index contributed by atoms with van der Waals surface area (Å²) in [5.74, 6) is -1.05. The summed E-state index contributed by atoms with van der Waals surface area (Å²) in [4.78, 5) is 50.3. The molecule has 4 amide bonds. The van der Waals surface area contributed by atoms with E-state index in [-0.39, 0.29) is 18.7 Å². The van der Waals surface area contributed by atoms with Crippen molar-refractivity contribution in [2.45, 2.75) is 63.2 Å². The normalized spacial score (nSPS) is 29.2. The lowest BCUT2D eigenvalue weighted by atomic mass is 9.96. The second-order valence-electron chi connectivity index (χ2n) is 8.83. The highest BCUT2D eigenvalue weighted by molar-refractivity contribution is 6.23. The van der Waals surface area contributed by atoms with Crippen LogP contribution in [0, 0.1) is 5.92 Å². The van der Waals surface area contributed by atoms with Crippen LogP contribution >= 0.6 is 0 Å². The summed E-state index contributed by atoms with van der Waals surface area (Å²) in [5.41, 5.74) is 1.61. The van der Waals surface area contributed by atoms with Crippen molar-refractivity contribution >= 4 is 23.6 Å². The number of nitrogens with one attached hydrogen (secondary N) is 3. The van der Waals surface area contributed by atoms with Crippen molar-refractivity contribution in [2.75, 3.05) is 6.54 Å². The van der Waals surface area contributed by atoms with Gasteiger partial charge in [-0.2, -0.15) is 0 Å². The number of fused-ring (bicyclic) bond motifs is 1. The maximum atomic E-state index is 12.9. The van der Waals surface area contributed by atoms with Crippen molar-refractivity contribution < 1.29 is 19.2 Å². The zero-order chi connectivity index (χ0) is 20.8. The molecule has 4 aliphatic rings. The standard InChI is InChI=1S/C22H26N4O4/c27-19-6-5-18(20(28)25-19)26-21(29)15-4-1-12(9-16(15)22(26)30)11-24-14-7-8-23-17(10-14)13-2-3-13/h1,4,9,13-14,17-18,23-24H,2-3,5-8,10-11H2,(H,25,27,28). The van der Waals surface area contributed by atoms with Crippen LogP contribution < -0.4 is 16.0 Å². The minimum Gasteiger partial charge on any atom is -0.314 e. The maximum absolute atomic E-state index is 12.9. The Hall–Kier alpha value is -2.58. The first-order chi connectivity index (χ1) is 14.5.